The molecule has 1 aromatic heterocycles. The highest BCUT2D eigenvalue weighted by Crippen LogP contribution is 2.29. The lowest BCUT2D eigenvalue weighted by Gasteiger charge is -2.35. The van der Waals surface area contributed by atoms with Gasteiger partial charge < -0.3 is 19.8 Å². The van der Waals surface area contributed by atoms with Gasteiger partial charge in [0.2, 0.25) is 5.91 Å². The van der Waals surface area contributed by atoms with E-state index in [2.05, 4.69) is 10.6 Å². The van der Waals surface area contributed by atoms with E-state index in [-0.39, 0.29) is 5.91 Å². The van der Waals surface area contributed by atoms with Crippen LogP contribution in [0.1, 0.15) is 18.6 Å². The molecule has 0 radical (unpaired) electrons. The fourth-order valence-corrected chi connectivity index (χ4v) is 3.27. The van der Waals surface area contributed by atoms with Crippen LogP contribution < -0.4 is 10.6 Å². The summed E-state index contributed by atoms with van der Waals surface area (Å²) in [6.07, 6.45) is 2.33. The summed E-state index contributed by atoms with van der Waals surface area (Å²) in [4.78, 5) is 12.6. The van der Waals surface area contributed by atoms with Gasteiger partial charge in [-0.3, -0.25) is 4.79 Å². The first-order valence-electron chi connectivity index (χ1n) is 8.19. The van der Waals surface area contributed by atoms with E-state index in [4.69, 9.17) is 9.15 Å². The lowest BCUT2D eigenvalue weighted by Crippen LogP contribution is -2.50. The summed E-state index contributed by atoms with van der Waals surface area (Å²) >= 11 is 0. The van der Waals surface area contributed by atoms with E-state index >= 15 is 0 Å². The second-order valence-electron chi connectivity index (χ2n) is 6.22. The Morgan fingerprint density at radius 1 is 1.35 bits per heavy atom. The van der Waals surface area contributed by atoms with Crippen LogP contribution in [0.15, 0.2) is 34.7 Å². The number of rotatable bonds is 6. The maximum Gasteiger partial charge on any atom is 0.228 e. The Morgan fingerprint density at radius 3 is 2.87 bits per heavy atom. The van der Waals surface area contributed by atoms with E-state index in [1.54, 1.807) is 7.11 Å². The summed E-state index contributed by atoms with van der Waals surface area (Å²) in [5, 5.41) is 7.46. The van der Waals surface area contributed by atoms with Gasteiger partial charge in [0.05, 0.1) is 12.0 Å². The first-order chi connectivity index (χ1) is 11.2. The third kappa shape index (κ3) is 3.57. The molecular formula is C18H24N2O3. The van der Waals surface area contributed by atoms with E-state index in [0.717, 1.165) is 42.7 Å². The van der Waals surface area contributed by atoms with Crippen molar-refractivity contribution in [3.8, 4) is 0 Å². The number of methoxy groups -OCH3 is 1. The summed E-state index contributed by atoms with van der Waals surface area (Å²) < 4.78 is 11.1. The van der Waals surface area contributed by atoms with Gasteiger partial charge in [0.25, 0.3) is 0 Å². The fraction of sp³-hybridized carbons (Fsp3) is 0.500. The number of carbonyl (C=O) groups excluding carboxylic acids is 1. The topological polar surface area (TPSA) is 63.5 Å². The maximum absolute atomic E-state index is 12.6. The van der Waals surface area contributed by atoms with Crippen LogP contribution in [0, 0.1) is 5.41 Å². The molecule has 23 heavy (non-hydrogen) atoms. The standard InChI is InChI=1S/C18H24N2O3/c1-22-13-18(7-10-19-11-8-18)17(21)20-9-6-15-12-14-4-2-3-5-16(14)23-15/h2-5,12,19H,6-11,13H2,1H3,(H,20,21). The Kier molecular flexibility index (Phi) is 4.98. The van der Waals surface area contributed by atoms with Gasteiger partial charge in [0.1, 0.15) is 11.3 Å². The molecule has 0 spiro atoms. The zero-order valence-corrected chi connectivity index (χ0v) is 13.6. The molecule has 1 fully saturated rings. The highest BCUT2D eigenvalue weighted by Gasteiger charge is 2.39. The number of amides is 1. The fourth-order valence-electron chi connectivity index (χ4n) is 3.27. The molecule has 0 unspecified atom stereocenters. The molecule has 1 saturated heterocycles. The van der Waals surface area contributed by atoms with Crippen molar-refractivity contribution < 1.29 is 13.9 Å². The van der Waals surface area contributed by atoms with Gasteiger partial charge in [-0.15, -0.1) is 0 Å². The summed E-state index contributed by atoms with van der Waals surface area (Å²) in [7, 11) is 1.66. The molecule has 0 bridgehead atoms. The van der Waals surface area contributed by atoms with Crippen LogP contribution in [-0.4, -0.2) is 39.3 Å². The number of piperidine rings is 1. The van der Waals surface area contributed by atoms with Gasteiger partial charge in [0.15, 0.2) is 0 Å². The maximum atomic E-state index is 12.6. The van der Waals surface area contributed by atoms with Gasteiger partial charge >= 0.3 is 0 Å². The number of hydrogen-bond donors (Lipinski definition) is 2. The Labute approximate surface area is 136 Å². The van der Waals surface area contributed by atoms with Crippen molar-refractivity contribution in [3.05, 3.63) is 36.1 Å². The second kappa shape index (κ2) is 7.15. The molecule has 1 amide bonds. The number of carbonyl (C=O) groups is 1. The van der Waals surface area contributed by atoms with Crippen molar-refractivity contribution in [2.75, 3.05) is 33.4 Å². The quantitative estimate of drug-likeness (QED) is 0.857. The SMILES string of the molecule is COCC1(C(=O)NCCc2cc3ccccc3o2)CCNCC1. The van der Waals surface area contributed by atoms with Gasteiger partial charge in [0, 0.05) is 25.5 Å². The molecular weight excluding hydrogens is 292 g/mol. The van der Waals surface area contributed by atoms with Crippen molar-refractivity contribution in [1.82, 2.24) is 10.6 Å². The molecule has 1 aliphatic heterocycles. The van der Waals surface area contributed by atoms with Crippen LogP contribution in [0.4, 0.5) is 0 Å². The molecule has 2 heterocycles. The number of fused-ring (bicyclic) bond motifs is 1. The number of hydrogen-bond acceptors (Lipinski definition) is 4. The van der Waals surface area contributed by atoms with Crippen LogP contribution in [0.25, 0.3) is 11.0 Å². The minimum atomic E-state index is -0.395. The minimum absolute atomic E-state index is 0.0944. The van der Waals surface area contributed by atoms with E-state index in [1.807, 2.05) is 30.3 Å². The third-order valence-electron chi connectivity index (χ3n) is 4.60. The Bertz CT molecular complexity index is 621. The number of para-hydroxylation sites is 1. The van der Waals surface area contributed by atoms with E-state index < -0.39 is 5.41 Å². The summed E-state index contributed by atoms with van der Waals surface area (Å²) in [6, 6.07) is 9.98. The van der Waals surface area contributed by atoms with Gasteiger partial charge in [-0.1, -0.05) is 18.2 Å². The monoisotopic (exact) mass is 316 g/mol. The predicted molar refractivity (Wildman–Crippen MR) is 89.3 cm³/mol. The van der Waals surface area contributed by atoms with E-state index in [1.165, 1.54) is 0 Å². The summed E-state index contributed by atoms with van der Waals surface area (Å²) in [5.41, 5.74) is 0.497. The zero-order valence-electron chi connectivity index (χ0n) is 13.6. The molecule has 0 atom stereocenters. The van der Waals surface area contributed by atoms with Crippen LogP contribution in [-0.2, 0) is 16.0 Å². The van der Waals surface area contributed by atoms with E-state index in [0.29, 0.717) is 19.6 Å². The lowest BCUT2D eigenvalue weighted by molar-refractivity contribution is -0.136. The van der Waals surface area contributed by atoms with Crippen LogP contribution in [0.5, 0.6) is 0 Å². The Hall–Kier alpha value is -1.85. The lowest BCUT2D eigenvalue weighted by atomic mass is 9.78. The molecule has 2 aromatic rings. The van der Waals surface area contributed by atoms with Crippen LogP contribution in [0.2, 0.25) is 0 Å². The van der Waals surface area contributed by atoms with E-state index in [9.17, 15) is 4.79 Å². The minimum Gasteiger partial charge on any atom is -0.461 e. The molecule has 5 heteroatoms. The van der Waals surface area contributed by atoms with Crippen molar-refractivity contribution in [3.63, 3.8) is 0 Å². The zero-order chi connectivity index (χ0) is 16.1. The molecule has 124 valence electrons. The first-order valence-corrected chi connectivity index (χ1v) is 8.19. The normalized spacial score (nSPS) is 17.3. The summed E-state index contributed by atoms with van der Waals surface area (Å²) in [5.74, 6) is 0.995. The molecule has 2 N–H and O–H groups in total. The number of furan rings is 1. The second-order valence-corrected chi connectivity index (χ2v) is 6.22. The van der Waals surface area contributed by atoms with Crippen LogP contribution >= 0.6 is 0 Å². The Morgan fingerprint density at radius 2 is 2.13 bits per heavy atom. The molecule has 3 rings (SSSR count). The number of benzene rings is 1. The number of ether oxygens (including phenoxy) is 1. The predicted octanol–water partition coefficient (Wildman–Crippen LogP) is 2.11. The first kappa shape index (κ1) is 16.0. The highest BCUT2D eigenvalue weighted by molar-refractivity contribution is 5.83. The molecule has 1 aliphatic rings. The molecule has 5 nitrogen and oxygen atoms in total. The average Bonchev–Trinajstić information content (AvgIpc) is 2.98. The van der Waals surface area contributed by atoms with Crippen molar-refractivity contribution >= 4 is 16.9 Å². The smallest absolute Gasteiger partial charge is 0.228 e. The number of nitrogens with one attached hydrogen (secondary N) is 2. The summed E-state index contributed by atoms with van der Waals surface area (Å²) in [6.45, 7) is 2.78. The van der Waals surface area contributed by atoms with Gasteiger partial charge in [-0.2, -0.15) is 0 Å². The highest BCUT2D eigenvalue weighted by atomic mass is 16.5. The average molecular weight is 316 g/mol. The van der Waals surface area contributed by atoms with Crippen molar-refractivity contribution in [2.24, 2.45) is 5.41 Å². The van der Waals surface area contributed by atoms with Gasteiger partial charge in [-0.25, -0.2) is 0 Å². The van der Waals surface area contributed by atoms with Gasteiger partial charge in [-0.05, 0) is 38.1 Å². The van der Waals surface area contributed by atoms with Crippen LogP contribution in [0.3, 0.4) is 0 Å². The largest absolute Gasteiger partial charge is 0.461 e. The molecule has 1 aromatic carbocycles. The molecule has 0 saturated carbocycles. The third-order valence-corrected chi connectivity index (χ3v) is 4.60. The Balaban J connectivity index is 1.57. The molecule has 0 aliphatic carbocycles. The van der Waals surface area contributed by atoms with Crippen molar-refractivity contribution in [2.45, 2.75) is 19.3 Å². The van der Waals surface area contributed by atoms with Crippen molar-refractivity contribution in [1.29, 1.82) is 0 Å².